The summed E-state index contributed by atoms with van der Waals surface area (Å²) in [5, 5.41) is 10.1. The molecule has 1 aliphatic rings. The van der Waals surface area contributed by atoms with E-state index in [-0.39, 0.29) is 17.9 Å². The van der Waals surface area contributed by atoms with Gasteiger partial charge in [0, 0.05) is 23.2 Å². The first-order valence-corrected chi connectivity index (χ1v) is 9.76. The number of ether oxygens (including phenoxy) is 1. The Morgan fingerprint density at radius 3 is 2.48 bits per heavy atom. The number of nitrogens with zero attached hydrogens (tertiary/aromatic N) is 2. The van der Waals surface area contributed by atoms with Crippen LogP contribution in [0.5, 0.6) is 5.75 Å². The van der Waals surface area contributed by atoms with Gasteiger partial charge in [0.2, 0.25) is 0 Å². The van der Waals surface area contributed by atoms with Crippen molar-refractivity contribution in [3.8, 4) is 5.75 Å². The molecular formula is C21H18ClF3N4O2. The minimum atomic E-state index is -4.53. The molecule has 162 valence electrons. The Morgan fingerprint density at radius 2 is 1.87 bits per heavy atom. The number of hydrogen-bond donors (Lipinski definition) is 2. The van der Waals surface area contributed by atoms with E-state index in [4.69, 9.17) is 16.3 Å². The summed E-state index contributed by atoms with van der Waals surface area (Å²) in [5.74, 6) is 0.118. The number of hydrogen-bond acceptors (Lipinski definition) is 4. The summed E-state index contributed by atoms with van der Waals surface area (Å²) in [6.07, 6.45) is -4.80. The predicted octanol–water partition coefficient (Wildman–Crippen LogP) is 5.46. The van der Waals surface area contributed by atoms with Crippen LogP contribution in [0.15, 0.2) is 54.6 Å². The number of methoxy groups -OCH3 is 1. The van der Waals surface area contributed by atoms with Crippen LogP contribution in [0.4, 0.5) is 24.7 Å². The van der Waals surface area contributed by atoms with Crippen molar-refractivity contribution in [3.05, 3.63) is 70.9 Å². The van der Waals surface area contributed by atoms with E-state index >= 15 is 0 Å². The Balaban J connectivity index is 1.61. The van der Waals surface area contributed by atoms with Crippen LogP contribution in [-0.4, -0.2) is 29.0 Å². The normalized spacial score (nSPS) is 18.1. The topological polar surface area (TPSA) is 68.2 Å². The van der Waals surface area contributed by atoms with Crippen LogP contribution in [0.1, 0.15) is 34.6 Å². The standard InChI is InChI=1S/C21H18ClF3N4O2/c1-31-15-8-6-14(7-9-15)26-20(30)17-11-19-27-16(12-2-4-13(22)5-3-12)10-18(21(23,24)25)29(19)28-17/h2-9,11,16,18,27H,10H2,1H3,(H,26,30). The highest BCUT2D eigenvalue weighted by Gasteiger charge is 2.46. The molecule has 2 N–H and O–H groups in total. The van der Waals surface area contributed by atoms with E-state index in [1.807, 2.05) is 0 Å². The molecule has 2 heterocycles. The van der Waals surface area contributed by atoms with Gasteiger partial charge in [0.25, 0.3) is 5.91 Å². The molecule has 1 amide bonds. The summed E-state index contributed by atoms with van der Waals surface area (Å²) < 4.78 is 47.2. The molecule has 0 bridgehead atoms. The highest BCUT2D eigenvalue weighted by molar-refractivity contribution is 6.30. The fourth-order valence-corrected chi connectivity index (χ4v) is 3.59. The van der Waals surface area contributed by atoms with Crippen LogP contribution in [-0.2, 0) is 0 Å². The third-order valence-corrected chi connectivity index (χ3v) is 5.29. The minimum Gasteiger partial charge on any atom is -0.497 e. The average Bonchev–Trinajstić information content (AvgIpc) is 3.17. The van der Waals surface area contributed by atoms with Crippen molar-refractivity contribution in [3.63, 3.8) is 0 Å². The van der Waals surface area contributed by atoms with Crippen LogP contribution >= 0.6 is 11.6 Å². The molecule has 2 atom stereocenters. The molecule has 10 heteroatoms. The fourth-order valence-electron chi connectivity index (χ4n) is 3.47. The number of carbonyl (C=O) groups is 1. The molecule has 0 radical (unpaired) electrons. The van der Waals surface area contributed by atoms with Crippen molar-refractivity contribution in [1.82, 2.24) is 9.78 Å². The van der Waals surface area contributed by atoms with E-state index in [0.717, 1.165) is 4.68 Å². The molecule has 1 aliphatic heterocycles. The highest BCUT2D eigenvalue weighted by Crippen LogP contribution is 2.43. The number of benzene rings is 2. The smallest absolute Gasteiger partial charge is 0.410 e. The summed E-state index contributed by atoms with van der Waals surface area (Å²) >= 11 is 5.89. The van der Waals surface area contributed by atoms with E-state index in [1.54, 1.807) is 48.5 Å². The van der Waals surface area contributed by atoms with Gasteiger partial charge in [-0.15, -0.1) is 0 Å². The third kappa shape index (κ3) is 4.46. The van der Waals surface area contributed by atoms with E-state index in [0.29, 0.717) is 22.0 Å². The quantitative estimate of drug-likeness (QED) is 0.554. The first-order chi connectivity index (χ1) is 14.7. The van der Waals surface area contributed by atoms with Gasteiger partial charge in [-0.3, -0.25) is 4.79 Å². The van der Waals surface area contributed by atoms with Gasteiger partial charge in [-0.25, -0.2) is 4.68 Å². The van der Waals surface area contributed by atoms with Crippen molar-refractivity contribution in [2.24, 2.45) is 0 Å². The molecule has 2 unspecified atom stereocenters. The lowest BCUT2D eigenvalue weighted by Crippen LogP contribution is -2.35. The number of fused-ring (bicyclic) bond motifs is 1. The molecular weight excluding hydrogens is 433 g/mol. The number of anilines is 2. The number of alkyl halides is 3. The molecule has 2 aromatic carbocycles. The average molecular weight is 451 g/mol. The Hall–Kier alpha value is -3.20. The maximum atomic E-state index is 13.8. The van der Waals surface area contributed by atoms with Gasteiger partial charge in [-0.2, -0.15) is 18.3 Å². The predicted molar refractivity (Wildman–Crippen MR) is 111 cm³/mol. The second-order valence-corrected chi connectivity index (χ2v) is 7.52. The minimum absolute atomic E-state index is 0.119. The summed E-state index contributed by atoms with van der Waals surface area (Å²) in [6, 6.07) is 12.0. The van der Waals surface area contributed by atoms with Gasteiger partial charge >= 0.3 is 6.18 Å². The molecule has 0 fully saturated rings. The lowest BCUT2D eigenvalue weighted by Gasteiger charge is -2.33. The maximum absolute atomic E-state index is 13.8. The highest BCUT2D eigenvalue weighted by atomic mass is 35.5. The number of halogens is 4. The first-order valence-electron chi connectivity index (χ1n) is 9.38. The van der Waals surface area contributed by atoms with Crippen molar-refractivity contribution in [1.29, 1.82) is 0 Å². The van der Waals surface area contributed by atoms with Crippen molar-refractivity contribution in [2.45, 2.75) is 24.7 Å². The molecule has 0 saturated carbocycles. The molecule has 0 aliphatic carbocycles. The van der Waals surface area contributed by atoms with Gasteiger partial charge in [0.05, 0.1) is 13.2 Å². The van der Waals surface area contributed by atoms with E-state index in [1.165, 1.54) is 13.2 Å². The number of carbonyl (C=O) groups excluding carboxylic acids is 1. The van der Waals surface area contributed by atoms with Crippen LogP contribution in [0.2, 0.25) is 5.02 Å². The molecule has 31 heavy (non-hydrogen) atoms. The second-order valence-electron chi connectivity index (χ2n) is 7.08. The molecule has 4 rings (SSSR count). The molecule has 6 nitrogen and oxygen atoms in total. The van der Waals surface area contributed by atoms with Gasteiger partial charge in [0.15, 0.2) is 11.7 Å². The maximum Gasteiger partial charge on any atom is 0.410 e. The Labute approximate surface area is 181 Å². The third-order valence-electron chi connectivity index (χ3n) is 5.04. The zero-order valence-electron chi connectivity index (χ0n) is 16.3. The lowest BCUT2D eigenvalue weighted by molar-refractivity contribution is -0.173. The van der Waals surface area contributed by atoms with E-state index in [9.17, 15) is 18.0 Å². The van der Waals surface area contributed by atoms with Gasteiger partial charge < -0.3 is 15.4 Å². The Bertz CT molecular complexity index is 1080. The van der Waals surface area contributed by atoms with Crippen molar-refractivity contribution < 1.29 is 22.7 Å². The number of nitrogens with one attached hydrogen (secondary N) is 2. The van der Waals surface area contributed by atoms with Crippen LogP contribution in [0.25, 0.3) is 0 Å². The van der Waals surface area contributed by atoms with Crippen LogP contribution in [0.3, 0.4) is 0 Å². The Kier molecular flexibility index (Phi) is 5.53. The largest absolute Gasteiger partial charge is 0.497 e. The first kappa shape index (κ1) is 21.0. The van der Waals surface area contributed by atoms with Crippen molar-refractivity contribution in [2.75, 3.05) is 17.7 Å². The molecule has 1 aromatic heterocycles. The summed E-state index contributed by atoms with van der Waals surface area (Å²) in [5.41, 5.74) is 1.01. The van der Waals surface area contributed by atoms with E-state index in [2.05, 4.69) is 15.7 Å². The molecule has 3 aromatic rings. The van der Waals surface area contributed by atoms with Crippen LogP contribution < -0.4 is 15.4 Å². The fraction of sp³-hybridized carbons (Fsp3) is 0.238. The van der Waals surface area contributed by atoms with Crippen LogP contribution in [0, 0.1) is 0 Å². The van der Waals surface area contributed by atoms with Gasteiger partial charge in [-0.1, -0.05) is 23.7 Å². The lowest BCUT2D eigenvalue weighted by atomic mass is 9.97. The summed E-state index contributed by atoms with van der Waals surface area (Å²) in [7, 11) is 1.52. The second kappa shape index (κ2) is 8.14. The summed E-state index contributed by atoms with van der Waals surface area (Å²) in [6.45, 7) is 0. The zero-order valence-corrected chi connectivity index (χ0v) is 17.0. The molecule has 0 saturated heterocycles. The Morgan fingerprint density at radius 1 is 1.19 bits per heavy atom. The zero-order chi connectivity index (χ0) is 22.2. The summed E-state index contributed by atoms with van der Waals surface area (Å²) in [4.78, 5) is 12.6. The van der Waals surface area contributed by atoms with Gasteiger partial charge in [-0.05, 0) is 42.0 Å². The molecule has 0 spiro atoms. The SMILES string of the molecule is COc1ccc(NC(=O)c2cc3n(n2)C(C(F)(F)F)CC(c2ccc(Cl)cc2)N3)cc1. The number of aromatic nitrogens is 2. The number of rotatable bonds is 4. The monoisotopic (exact) mass is 450 g/mol. The number of amides is 1. The van der Waals surface area contributed by atoms with Crippen molar-refractivity contribution >= 4 is 29.0 Å². The van der Waals surface area contributed by atoms with Gasteiger partial charge in [0.1, 0.15) is 11.6 Å². The van der Waals surface area contributed by atoms with E-state index < -0.39 is 24.2 Å².